The molecule has 0 saturated carbocycles. The zero-order valence-corrected chi connectivity index (χ0v) is 18.0. The number of thiazole rings is 1. The Bertz CT molecular complexity index is 1160. The molecule has 1 aromatic carbocycles. The summed E-state index contributed by atoms with van der Waals surface area (Å²) in [5.41, 5.74) is 3.38. The van der Waals surface area contributed by atoms with Gasteiger partial charge in [0.1, 0.15) is 0 Å². The van der Waals surface area contributed by atoms with Gasteiger partial charge in [0, 0.05) is 17.8 Å². The maximum Gasteiger partial charge on any atom is 0.293 e. The van der Waals surface area contributed by atoms with Crippen LogP contribution in [0.4, 0.5) is 5.13 Å². The molecule has 7 nitrogen and oxygen atoms in total. The second-order valence-corrected chi connectivity index (χ2v) is 10.1. The van der Waals surface area contributed by atoms with Gasteiger partial charge in [-0.2, -0.15) is 4.31 Å². The number of sulfonamides is 1. The van der Waals surface area contributed by atoms with Crippen LogP contribution in [0.2, 0.25) is 0 Å². The van der Waals surface area contributed by atoms with Crippen molar-refractivity contribution in [2.24, 2.45) is 0 Å². The zero-order valence-electron chi connectivity index (χ0n) is 16.4. The minimum atomic E-state index is -3.62. The first kappa shape index (κ1) is 19.8. The molecule has 2 aromatic heterocycles. The lowest BCUT2D eigenvalue weighted by molar-refractivity contribution is 0.0996. The predicted molar refractivity (Wildman–Crippen MR) is 111 cm³/mol. The van der Waals surface area contributed by atoms with Gasteiger partial charge >= 0.3 is 0 Å². The molecule has 0 radical (unpaired) electrons. The highest BCUT2D eigenvalue weighted by molar-refractivity contribution is 7.89. The minimum Gasteiger partial charge on any atom is -0.459 e. The largest absolute Gasteiger partial charge is 0.459 e. The molecule has 3 heterocycles. The number of carbonyl (C=O) groups excluding carboxylic acids is 1. The second kappa shape index (κ2) is 7.40. The molecule has 0 aliphatic carbocycles. The average Bonchev–Trinajstić information content (AvgIpc) is 3.29. The number of anilines is 1. The van der Waals surface area contributed by atoms with Crippen molar-refractivity contribution in [3.63, 3.8) is 0 Å². The van der Waals surface area contributed by atoms with Gasteiger partial charge < -0.3 is 4.42 Å². The number of amides is 1. The lowest BCUT2D eigenvalue weighted by Crippen LogP contribution is -2.36. The third-order valence-corrected chi connectivity index (χ3v) is 8.01. The van der Waals surface area contributed by atoms with Crippen molar-refractivity contribution in [2.75, 3.05) is 11.9 Å². The number of hydrogen-bond acceptors (Lipinski definition) is 6. The molecule has 1 aliphatic rings. The molecule has 3 aromatic rings. The third-order valence-electron chi connectivity index (χ3n) is 4.86. The van der Waals surface area contributed by atoms with Crippen molar-refractivity contribution in [3.8, 4) is 0 Å². The maximum absolute atomic E-state index is 13.3. The fourth-order valence-electron chi connectivity index (χ4n) is 3.70. The summed E-state index contributed by atoms with van der Waals surface area (Å²) in [7, 11) is -3.62. The van der Waals surface area contributed by atoms with Gasteiger partial charge in [0.25, 0.3) is 5.91 Å². The number of hydrogen-bond donors (Lipinski definition) is 1. The molecular weight excluding hydrogens is 410 g/mol. The van der Waals surface area contributed by atoms with E-state index in [-0.39, 0.29) is 18.2 Å². The van der Waals surface area contributed by atoms with Crippen molar-refractivity contribution in [3.05, 3.63) is 63.6 Å². The van der Waals surface area contributed by atoms with Crippen LogP contribution < -0.4 is 5.32 Å². The molecule has 9 heteroatoms. The van der Waals surface area contributed by atoms with Crippen LogP contribution in [0.1, 0.15) is 37.8 Å². The molecular formula is C20H21N3O4S2. The Morgan fingerprint density at radius 3 is 2.62 bits per heavy atom. The van der Waals surface area contributed by atoms with E-state index in [1.807, 2.05) is 32.9 Å². The van der Waals surface area contributed by atoms with Gasteiger partial charge in [-0.05, 0) is 44.0 Å². The number of carbonyl (C=O) groups is 1. The third kappa shape index (κ3) is 3.73. The maximum atomic E-state index is 13.3. The summed E-state index contributed by atoms with van der Waals surface area (Å²) in [5, 5.41) is 3.16. The Morgan fingerprint density at radius 1 is 1.24 bits per heavy atom. The first-order valence-electron chi connectivity index (χ1n) is 9.17. The van der Waals surface area contributed by atoms with E-state index in [0.29, 0.717) is 23.0 Å². The predicted octanol–water partition coefficient (Wildman–Crippen LogP) is 3.66. The number of rotatable bonds is 4. The van der Waals surface area contributed by atoms with Gasteiger partial charge in [0.05, 0.1) is 23.4 Å². The highest BCUT2D eigenvalue weighted by Crippen LogP contribution is 2.33. The fourth-order valence-corrected chi connectivity index (χ4v) is 6.62. The number of benzene rings is 1. The van der Waals surface area contributed by atoms with E-state index in [0.717, 1.165) is 27.3 Å². The molecule has 0 atom stereocenters. The Kier molecular flexibility index (Phi) is 5.05. The van der Waals surface area contributed by atoms with E-state index in [1.54, 1.807) is 12.1 Å². The molecule has 1 aliphatic heterocycles. The first-order valence-corrected chi connectivity index (χ1v) is 11.4. The topological polar surface area (TPSA) is 92.5 Å². The Morgan fingerprint density at radius 2 is 1.97 bits per heavy atom. The van der Waals surface area contributed by atoms with Gasteiger partial charge in [-0.25, -0.2) is 13.4 Å². The van der Waals surface area contributed by atoms with Gasteiger partial charge in [-0.1, -0.05) is 17.7 Å². The van der Waals surface area contributed by atoms with Gasteiger partial charge in [0.15, 0.2) is 10.9 Å². The summed E-state index contributed by atoms with van der Waals surface area (Å²) in [4.78, 5) is 17.8. The van der Waals surface area contributed by atoms with Crippen LogP contribution in [0.15, 0.2) is 39.8 Å². The van der Waals surface area contributed by atoms with E-state index >= 15 is 0 Å². The second-order valence-electron chi connectivity index (χ2n) is 7.14. The summed E-state index contributed by atoms with van der Waals surface area (Å²) in [6.07, 6.45) is 1.94. The van der Waals surface area contributed by atoms with E-state index in [1.165, 1.54) is 21.9 Å². The standard InChI is InChI=1S/C20H21N3O4S2/c1-12-9-13(2)18(14(3)10-12)29(25,26)23-7-6-15-17(11-23)28-20(21-15)22-19(24)16-5-4-8-27-16/h4-5,8-10H,6-7,11H2,1-3H3,(H,21,22,24). The Balaban J connectivity index is 1.57. The molecule has 1 N–H and O–H groups in total. The minimum absolute atomic E-state index is 0.202. The number of aryl methyl sites for hydroxylation is 3. The number of fused-ring (bicyclic) bond motifs is 1. The van der Waals surface area contributed by atoms with E-state index in [9.17, 15) is 13.2 Å². The van der Waals surface area contributed by atoms with Crippen LogP contribution in [0.3, 0.4) is 0 Å². The molecule has 0 spiro atoms. The lowest BCUT2D eigenvalue weighted by atomic mass is 10.1. The van der Waals surface area contributed by atoms with E-state index < -0.39 is 10.0 Å². The van der Waals surface area contributed by atoms with Crippen LogP contribution in [0.25, 0.3) is 0 Å². The summed E-state index contributed by atoms with van der Waals surface area (Å²) in [6, 6.07) is 7.00. The fraction of sp³-hybridized carbons (Fsp3) is 0.300. The Labute approximate surface area is 173 Å². The van der Waals surface area contributed by atoms with Crippen molar-refractivity contribution >= 4 is 32.4 Å². The molecule has 0 saturated heterocycles. The molecule has 0 fully saturated rings. The number of nitrogens with one attached hydrogen (secondary N) is 1. The lowest BCUT2D eigenvalue weighted by Gasteiger charge is -2.27. The molecule has 152 valence electrons. The van der Waals surface area contributed by atoms with Crippen molar-refractivity contribution in [1.29, 1.82) is 0 Å². The zero-order chi connectivity index (χ0) is 20.8. The summed E-state index contributed by atoms with van der Waals surface area (Å²) < 4.78 is 33.2. The van der Waals surface area contributed by atoms with Crippen LogP contribution in [-0.2, 0) is 23.0 Å². The van der Waals surface area contributed by atoms with Crippen LogP contribution in [0.5, 0.6) is 0 Å². The normalized spacial score (nSPS) is 14.6. The van der Waals surface area contributed by atoms with Gasteiger partial charge in [-0.3, -0.25) is 10.1 Å². The van der Waals surface area contributed by atoms with E-state index in [2.05, 4.69) is 10.3 Å². The van der Waals surface area contributed by atoms with E-state index in [4.69, 9.17) is 4.42 Å². The van der Waals surface area contributed by atoms with Crippen molar-refractivity contribution in [1.82, 2.24) is 9.29 Å². The van der Waals surface area contributed by atoms with Gasteiger partial charge in [0.2, 0.25) is 10.0 Å². The summed E-state index contributed by atoms with van der Waals surface area (Å²) >= 11 is 1.30. The van der Waals surface area contributed by atoms with Crippen LogP contribution in [0, 0.1) is 20.8 Å². The molecule has 4 rings (SSSR count). The summed E-state index contributed by atoms with van der Waals surface area (Å²) in [5.74, 6) is -0.177. The molecule has 0 bridgehead atoms. The monoisotopic (exact) mass is 431 g/mol. The van der Waals surface area contributed by atoms with Crippen LogP contribution >= 0.6 is 11.3 Å². The van der Waals surface area contributed by atoms with Crippen molar-refractivity contribution < 1.29 is 17.6 Å². The van der Waals surface area contributed by atoms with Crippen molar-refractivity contribution in [2.45, 2.75) is 38.6 Å². The van der Waals surface area contributed by atoms with Crippen LogP contribution in [-0.4, -0.2) is 30.2 Å². The number of aromatic nitrogens is 1. The number of nitrogens with zero attached hydrogens (tertiary/aromatic N) is 2. The first-order chi connectivity index (χ1) is 13.8. The molecule has 1 amide bonds. The SMILES string of the molecule is Cc1cc(C)c(S(=O)(=O)N2CCc3nc(NC(=O)c4ccco4)sc3C2)c(C)c1. The average molecular weight is 432 g/mol. The molecule has 29 heavy (non-hydrogen) atoms. The summed E-state index contributed by atoms with van der Waals surface area (Å²) in [6.45, 7) is 6.23. The highest BCUT2D eigenvalue weighted by atomic mass is 32.2. The highest BCUT2D eigenvalue weighted by Gasteiger charge is 2.32. The smallest absolute Gasteiger partial charge is 0.293 e. The Hall–Kier alpha value is -2.49. The number of furan rings is 1. The quantitative estimate of drug-likeness (QED) is 0.681. The molecule has 0 unspecified atom stereocenters. The van der Waals surface area contributed by atoms with Gasteiger partial charge in [-0.15, -0.1) is 11.3 Å².